The summed E-state index contributed by atoms with van der Waals surface area (Å²) in [6, 6.07) is 19.2. The predicted molar refractivity (Wildman–Crippen MR) is 115 cm³/mol. The van der Waals surface area contributed by atoms with Gasteiger partial charge in [0.25, 0.3) is 5.91 Å². The molecule has 0 aliphatic heterocycles. The molecule has 156 valence electrons. The lowest BCUT2D eigenvalue weighted by atomic mass is 10.1. The van der Waals surface area contributed by atoms with Gasteiger partial charge in [0.15, 0.2) is 12.4 Å². The first kappa shape index (κ1) is 20.5. The third-order valence-corrected chi connectivity index (χ3v) is 4.79. The minimum Gasteiger partial charge on any atom is -0.482 e. The molecule has 3 aromatic carbocycles. The number of benzene rings is 3. The first-order valence-electron chi connectivity index (χ1n) is 9.34. The van der Waals surface area contributed by atoms with Crippen molar-refractivity contribution in [2.24, 2.45) is 0 Å². The van der Waals surface area contributed by atoms with Gasteiger partial charge in [-0.1, -0.05) is 48.0 Å². The van der Waals surface area contributed by atoms with Gasteiger partial charge in [-0.15, -0.1) is 5.10 Å². The molecular formula is C22H17ClFN5O2. The minimum absolute atomic E-state index is 0.00785. The number of rotatable bonds is 6. The van der Waals surface area contributed by atoms with Crippen molar-refractivity contribution in [1.29, 1.82) is 0 Å². The number of halogens is 2. The van der Waals surface area contributed by atoms with Gasteiger partial charge in [-0.2, -0.15) is 4.68 Å². The van der Waals surface area contributed by atoms with Crippen LogP contribution in [-0.4, -0.2) is 32.7 Å². The fourth-order valence-corrected chi connectivity index (χ4v) is 3.20. The molecule has 0 radical (unpaired) electrons. The molecule has 7 nitrogen and oxygen atoms in total. The Morgan fingerprint density at radius 1 is 1.10 bits per heavy atom. The van der Waals surface area contributed by atoms with E-state index in [0.717, 1.165) is 11.1 Å². The normalized spacial score (nSPS) is 10.7. The number of carbonyl (C=O) groups is 1. The van der Waals surface area contributed by atoms with E-state index in [1.54, 1.807) is 19.1 Å². The summed E-state index contributed by atoms with van der Waals surface area (Å²) in [6.07, 6.45) is 0. The maximum absolute atomic E-state index is 14.2. The SMILES string of the molecule is Cc1nnnn1-c1ccc(F)c(NC(=O)COc2ccc(-c3ccccc3)cc2Cl)c1. The third-order valence-electron chi connectivity index (χ3n) is 4.49. The van der Waals surface area contributed by atoms with E-state index < -0.39 is 11.7 Å². The van der Waals surface area contributed by atoms with Crippen LogP contribution in [-0.2, 0) is 4.79 Å². The average Bonchev–Trinajstić information content (AvgIpc) is 3.21. The van der Waals surface area contributed by atoms with E-state index in [1.807, 2.05) is 36.4 Å². The number of anilines is 1. The zero-order valence-corrected chi connectivity index (χ0v) is 17.2. The molecule has 0 atom stereocenters. The number of hydrogen-bond acceptors (Lipinski definition) is 5. The van der Waals surface area contributed by atoms with Crippen LogP contribution < -0.4 is 10.1 Å². The number of aryl methyl sites for hydroxylation is 1. The van der Waals surface area contributed by atoms with Crippen LogP contribution >= 0.6 is 11.6 Å². The molecular weight excluding hydrogens is 421 g/mol. The zero-order valence-electron chi connectivity index (χ0n) is 16.4. The lowest BCUT2D eigenvalue weighted by Gasteiger charge is -2.11. The zero-order chi connectivity index (χ0) is 21.8. The van der Waals surface area contributed by atoms with E-state index in [-0.39, 0.29) is 12.3 Å². The van der Waals surface area contributed by atoms with Gasteiger partial charge in [-0.25, -0.2) is 4.39 Å². The number of nitrogens with one attached hydrogen (secondary N) is 1. The molecule has 0 unspecified atom stereocenters. The summed E-state index contributed by atoms with van der Waals surface area (Å²) in [4.78, 5) is 12.3. The van der Waals surface area contributed by atoms with Gasteiger partial charge in [0, 0.05) is 0 Å². The summed E-state index contributed by atoms with van der Waals surface area (Å²) >= 11 is 6.30. The van der Waals surface area contributed by atoms with Crippen LogP contribution in [0.2, 0.25) is 5.02 Å². The fraction of sp³-hybridized carbons (Fsp3) is 0.0909. The van der Waals surface area contributed by atoms with E-state index in [0.29, 0.717) is 22.3 Å². The average molecular weight is 438 g/mol. The number of aromatic nitrogens is 4. The van der Waals surface area contributed by atoms with Crippen molar-refractivity contribution in [2.75, 3.05) is 11.9 Å². The number of ether oxygens (including phenoxy) is 1. The lowest BCUT2D eigenvalue weighted by Crippen LogP contribution is -2.21. The molecule has 4 rings (SSSR count). The summed E-state index contributed by atoms with van der Waals surface area (Å²) in [7, 11) is 0. The number of hydrogen-bond donors (Lipinski definition) is 1. The highest BCUT2D eigenvalue weighted by molar-refractivity contribution is 6.32. The number of nitrogens with zero attached hydrogens (tertiary/aromatic N) is 4. The van der Waals surface area contributed by atoms with Crippen LogP contribution in [0.15, 0.2) is 66.7 Å². The van der Waals surface area contributed by atoms with Gasteiger partial charge in [-0.3, -0.25) is 4.79 Å². The molecule has 9 heteroatoms. The number of carbonyl (C=O) groups excluding carboxylic acids is 1. The van der Waals surface area contributed by atoms with Crippen LogP contribution in [0.3, 0.4) is 0 Å². The molecule has 0 bridgehead atoms. The van der Waals surface area contributed by atoms with E-state index in [4.69, 9.17) is 16.3 Å². The molecule has 0 aliphatic carbocycles. The summed E-state index contributed by atoms with van der Waals surface area (Å²) in [6.45, 7) is 1.38. The van der Waals surface area contributed by atoms with Crippen molar-refractivity contribution in [1.82, 2.24) is 20.2 Å². The Kier molecular flexibility index (Phi) is 5.90. The first-order valence-corrected chi connectivity index (χ1v) is 9.71. The van der Waals surface area contributed by atoms with E-state index in [2.05, 4.69) is 20.8 Å². The summed E-state index contributed by atoms with van der Waals surface area (Å²) < 4.78 is 21.1. The summed E-state index contributed by atoms with van der Waals surface area (Å²) in [5.74, 6) is -0.239. The van der Waals surface area contributed by atoms with Crippen molar-refractivity contribution < 1.29 is 13.9 Å². The van der Waals surface area contributed by atoms with Gasteiger partial charge < -0.3 is 10.1 Å². The molecule has 1 aromatic heterocycles. The Bertz CT molecular complexity index is 1230. The second-order valence-electron chi connectivity index (χ2n) is 6.65. The minimum atomic E-state index is -0.590. The quantitative estimate of drug-likeness (QED) is 0.482. The Labute approximate surface area is 182 Å². The molecule has 1 N–H and O–H groups in total. The molecule has 0 saturated carbocycles. The molecule has 1 heterocycles. The Balaban J connectivity index is 1.42. The monoisotopic (exact) mass is 437 g/mol. The molecule has 4 aromatic rings. The standard InChI is InChI=1S/C22H17ClFN5O2/c1-14-26-27-28-29(14)17-8-9-19(24)20(12-17)25-22(30)13-31-21-10-7-16(11-18(21)23)15-5-3-2-4-6-15/h2-12H,13H2,1H3,(H,25,30). The fourth-order valence-electron chi connectivity index (χ4n) is 2.97. The van der Waals surface area contributed by atoms with Crippen LogP contribution in [0.4, 0.5) is 10.1 Å². The van der Waals surface area contributed by atoms with Gasteiger partial charge in [0.2, 0.25) is 0 Å². The van der Waals surface area contributed by atoms with Gasteiger partial charge in [0.1, 0.15) is 11.6 Å². The smallest absolute Gasteiger partial charge is 0.262 e. The maximum Gasteiger partial charge on any atom is 0.262 e. The van der Waals surface area contributed by atoms with Crippen molar-refractivity contribution in [3.05, 3.63) is 83.4 Å². The third kappa shape index (κ3) is 4.70. The Morgan fingerprint density at radius 3 is 2.61 bits per heavy atom. The van der Waals surface area contributed by atoms with Gasteiger partial charge in [0.05, 0.1) is 16.4 Å². The van der Waals surface area contributed by atoms with Crippen molar-refractivity contribution in [3.63, 3.8) is 0 Å². The van der Waals surface area contributed by atoms with Crippen molar-refractivity contribution in [2.45, 2.75) is 6.92 Å². The van der Waals surface area contributed by atoms with Crippen LogP contribution in [0, 0.1) is 12.7 Å². The van der Waals surface area contributed by atoms with Crippen molar-refractivity contribution >= 4 is 23.2 Å². The van der Waals surface area contributed by atoms with Gasteiger partial charge >= 0.3 is 0 Å². The number of tetrazole rings is 1. The molecule has 0 spiro atoms. The number of amides is 1. The largest absolute Gasteiger partial charge is 0.482 e. The van der Waals surface area contributed by atoms with Crippen LogP contribution in [0.25, 0.3) is 16.8 Å². The second kappa shape index (κ2) is 8.93. The van der Waals surface area contributed by atoms with Crippen LogP contribution in [0.5, 0.6) is 5.75 Å². The summed E-state index contributed by atoms with van der Waals surface area (Å²) in [5, 5.41) is 14.0. The predicted octanol–water partition coefficient (Wildman–Crippen LogP) is 4.45. The molecule has 0 aliphatic rings. The Hall–Kier alpha value is -3.78. The highest BCUT2D eigenvalue weighted by Crippen LogP contribution is 2.30. The van der Waals surface area contributed by atoms with Gasteiger partial charge in [-0.05, 0) is 58.8 Å². The highest BCUT2D eigenvalue weighted by Gasteiger charge is 2.13. The Morgan fingerprint density at radius 2 is 1.90 bits per heavy atom. The topological polar surface area (TPSA) is 81.9 Å². The van der Waals surface area contributed by atoms with Crippen molar-refractivity contribution in [3.8, 4) is 22.6 Å². The maximum atomic E-state index is 14.2. The lowest BCUT2D eigenvalue weighted by molar-refractivity contribution is -0.118. The molecule has 0 saturated heterocycles. The van der Waals surface area contributed by atoms with E-state index in [1.165, 1.54) is 22.9 Å². The first-order chi connectivity index (χ1) is 15.0. The van der Waals surface area contributed by atoms with E-state index in [9.17, 15) is 9.18 Å². The molecule has 1 amide bonds. The van der Waals surface area contributed by atoms with Crippen LogP contribution in [0.1, 0.15) is 5.82 Å². The molecule has 31 heavy (non-hydrogen) atoms. The summed E-state index contributed by atoms with van der Waals surface area (Å²) in [5.41, 5.74) is 2.45. The second-order valence-corrected chi connectivity index (χ2v) is 7.06. The molecule has 0 fully saturated rings. The highest BCUT2D eigenvalue weighted by atomic mass is 35.5. The van der Waals surface area contributed by atoms with E-state index >= 15 is 0 Å².